The molecule has 0 atom stereocenters. The Labute approximate surface area is 116 Å². The largest absolute Gasteiger partial charge is 0.383 e. The predicted molar refractivity (Wildman–Crippen MR) is 77.1 cm³/mol. The molecule has 2 aromatic rings. The van der Waals surface area contributed by atoms with Crippen LogP contribution in [0.2, 0.25) is 0 Å². The molecule has 0 aliphatic heterocycles. The van der Waals surface area contributed by atoms with E-state index in [-0.39, 0.29) is 0 Å². The number of nitrogens with zero attached hydrogens (tertiary/aromatic N) is 2. The summed E-state index contributed by atoms with van der Waals surface area (Å²) in [4.78, 5) is 9.54. The topological polar surface area (TPSA) is 70.3 Å². The highest BCUT2D eigenvalue weighted by molar-refractivity contribution is 7.16. The van der Waals surface area contributed by atoms with Crippen LogP contribution in [0.25, 0.3) is 10.2 Å². The van der Waals surface area contributed by atoms with Crippen molar-refractivity contribution in [2.45, 2.75) is 20.5 Å². The van der Waals surface area contributed by atoms with Gasteiger partial charge >= 0.3 is 0 Å². The molecule has 0 aliphatic rings. The Hall–Kier alpha value is -1.24. The van der Waals surface area contributed by atoms with Crippen molar-refractivity contribution in [2.75, 3.05) is 25.6 Å². The van der Waals surface area contributed by atoms with Crippen molar-refractivity contribution < 1.29 is 9.47 Å². The van der Waals surface area contributed by atoms with Crippen LogP contribution < -0.4 is 5.73 Å². The normalized spacial score (nSPS) is 11.5. The molecule has 19 heavy (non-hydrogen) atoms. The number of hydrogen-bond acceptors (Lipinski definition) is 6. The molecular weight excluding hydrogens is 262 g/mol. The Kier molecular flexibility index (Phi) is 5.07. The molecule has 0 bridgehead atoms. The number of anilines is 1. The summed E-state index contributed by atoms with van der Waals surface area (Å²) in [6, 6.07) is 1.93. The molecule has 2 heterocycles. The summed E-state index contributed by atoms with van der Waals surface area (Å²) >= 11 is 1.55. The maximum Gasteiger partial charge on any atom is 0.158 e. The zero-order chi connectivity index (χ0) is 13.7. The fraction of sp³-hybridized carbons (Fsp3) is 0.538. The Morgan fingerprint density at radius 3 is 2.84 bits per heavy atom. The average molecular weight is 281 g/mol. The summed E-state index contributed by atoms with van der Waals surface area (Å²) in [5.41, 5.74) is 5.86. The molecule has 0 fully saturated rings. The monoisotopic (exact) mass is 281 g/mol. The van der Waals surface area contributed by atoms with Crippen LogP contribution >= 0.6 is 11.3 Å². The molecule has 2 N–H and O–H groups in total. The number of aromatic nitrogens is 2. The van der Waals surface area contributed by atoms with Gasteiger partial charge in [0.05, 0.1) is 18.6 Å². The van der Waals surface area contributed by atoms with Crippen LogP contribution in [0, 0.1) is 5.92 Å². The minimum Gasteiger partial charge on any atom is -0.383 e. The van der Waals surface area contributed by atoms with Gasteiger partial charge in [0.1, 0.15) is 17.3 Å². The standard InChI is InChI=1S/C13H19N3O2S/c1-9(2)7-17-4-5-18-8-11-15-12(14)10-3-6-19-13(10)16-11/h3,6,9H,4-5,7-8H2,1-2H3,(H2,14,15,16). The molecule has 104 valence electrons. The Morgan fingerprint density at radius 1 is 1.26 bits per heavy atom. The molecule has 0 radical (unpaired) electrons. The number of hydrogen-bond donors (Lipinski definition) is 1. The molecule has 0 unspecified atom stereocenters. The van der Waals surface area contributed by atoms with E-state index in [0.29, 0.717) is 37.4 Å². The van der Waals surface area contributed by atoms with Crippen LogP contribution in [-0.4, -0.2) is 29.8 Å². The number of nitrogens with two attached hydrogens (primary N) is 1. The van der Waals surface area contributed by atoms with Gasteiger partial charge in [0, 0.05) is 6.61 Å². The number of nitrogen functional groups attached to an aromatic ring is 1. The number of rotatable bonds is 7. The van der Waals surface area contributed by atoms with Crippen LogP contribution in [0.5, 0.6) is 0 Å². The first kappa shape index (κ1) is 14.2. The van der Waals surface area contributed by atoms with Gasteiger partial charge in [-0.3, -0.25) is 0 Å². The van der Waals surface area contributed by atoms with Crippen LogP contribution in [-0.2, 0) is 16.1 Å². The molecule has 0 aromatic carbocycles. The highest BCUT2D eigenvalue weighted by Crippen LogP contribution is 2.22. The lowest BCUT2D eigenvalue weighted by Crippen LogP contribution is -2.09. The van der Waals surface area contributed by atoms with E-state index >= 15 is 0 Å². The first-order valence-corrected chi connectivity index (χ1v) is 7.20. The minimum atomic E-state index is 0.364. The van der Waals surface area contributed by atoms with Crippen molar-refractivity contribution in [3.8, 4) is 0 Å². The number of thiophene rings is 1. The highest BCUT2D eigenvalue weighted by Gasteiger charge is 2.06. The molecule has 5 nitrogen and oxygen atoms in total. The van der Waals surface area contributed by atoms with Crippen molar-refractivity contribution in [3.63, 3.8) is 0 Å². The third kappa shape index (κ3) is 4.12. The quantitative estimate of drug-likeness (QED) is 0.789. The Bertz CT molecular complexity index is 528. The van der Waals surface area contributed by atoms with Gasteiger partial charge in [0.2, 0.25) is 0 Å². The second kappa shape index (κ2) is 6.79. The van der Waals surface area contributed by atoms with Gasteiger partial charge in [-0.15, -0.1) is 11.3 Å². The van der Waals surface area contributed by atoms with E-state index in [0.717, 1.165) is 16.8 Å². The van der Waals surface area contributed by atoms with E-state index in [1.54, 1.807) is 11.3 Å². The first-order valence-electron chi connectivity index (χ1n) is 6.32. The molecule has 0 saturated carbocycles. The van der Waals surface area contributed by atoms with Gasteiger partial charge in [0.15, 0.2) is 5.82 Å². The molecule has 2 rings (SSSR count). The van der Waals surface area contributed by atoms with E-state index in [1.165, 1.54) is 0 Å². The third-order valence-corrected chi connectivity index (χ3v) is 3.26. The molecule has 0 saturated heterocycles. The summed E-state index contributed by atoms with van der Waals surface area (Å²) in [6.07, 6.45) is 0. The lowest BCUT2D eigenvalue weighted by atomic mass is 10.2. The number of ether oxygens (including phenoxy) is 2. The van der Waals surface area contributed by atoms with Crippen LogP contribution in [0.3, 0.4) is 0 Å². The molecular formula is C13H19N3O2S. The van der Waals surface area contributed by atoms with E-state index in [9.17, 15) is 0 Å². The Balaban J connectivity index is 1.78. The summed E-state index contributed by atoms with van der Waals surface area (Å²) in [5, 5.41) is 2.87. The van der Waals surface area contributed by atoms with Gasteiger partial charge in [0.25, 0.3) is 0 Å². The molecule has 0 amide bonds. The van der Waals surface area contributed by atoms with Crippen molar-refractivity contribution in [1.29, 1.82) is 0 Å². The van der Waals surface area contributed by atoms with E-state index < -0.39 is 0 Å². The van der Waals surface area contributed by atoms with Crippen molar-refractivity contribution in [1.82, 2.24) is 9.97 Å². The van der Waals surface area contributed by atoms with Gasteiger partial charge in [-0.05, 0) is 17.4 Å². The maximum atomic E-state index is 5.86. The fourth-order valence-corrected chi connectivity index (χ4v) is 2.38. The van der Waals surface area contributed by atoms with Crippen molar-refractivity contribution in [2.24, 2.45) is 5.92 Å². The van der Waals surface area contributed by atoms with E-state index in [4.69, 9.17) is 15.2 Å². The summed E-state index contributed by atoms with van der Waals surface area (Å²) in [5.74, 6) is 1.68. The van der Waals surface area contributed by atoms with Gasteiger partial charge in [-0.25, -0.2) is 9.97 Å². The molecule has 0 spiro atoms. The minimum absolute atomic E-state index is 0.364. The van der Waals surface area contributed by atoms with Gasteiger partial charge in [-0.2, -0.15) is 0 Å². The van der Waals surface area contributed by atoms with Gasteiger partial charge < -0.3 is 15.2 Å². The summed E-state index contributed by atoms with van der Waals surface area (Å²) < 4.78 is 10.9. The second-order valence-corrected chi connectivity index (χ2v) is 5.58. The second-order valence-electron chi connectivity index (χ2n) is 4.69. The molecule has 2 aromatic heterocycles. The highest BCUT2D eigenvalue weighted by atomic mass is 32.1. The van der Waals surface area contributed by atoms with Gasteiger partial charge in [-0.1, -0.05) is 13.8 Å². The third-order valence-electron chi connectivity index (χ3n) is 2.46. The number of fused-ring (bicyclic) bond motifs is 1. The average Bonchev–Trinajstić information content (AvgIpc) is 2.82. The van der Waals surface area contributed by atoms with Crippen LogP contribution in [0.1, 0.15) is 19.7 Å². The molecule has 0 aliphatic carbocycles. The first-order chi connectivity index (χ1) is 9.16. The lowest BCUT2D eigenvalue weighted by molar-refractivity contribution is 0.0296. The maximum absolute atomic E-state index is 5.86. The molecule has 6 heteroatoms. The van der Waals surface area contributed by atoms with E-state index in [1.807, 2.05) is 11.4 Å². The van der Waals surface area contributed by atoms with Crippen molar-refractivity contribution >= 4 is 27.4 Å². The summed E-state index contributed by atoms with van der Waals surface area (Å²) in [6.45, 7) is 6.49. The fourth-order valence-electron chi connectivity index (χ4n) is 1.59. The van der Waals surface area contributed by atoms with E-state index in [2.05, 4.69) is 23.8 Å². The lowest BCUT2D eigenvalue weighted by Gasteiger charge is -2.07. The van der Waals surface area contributed by atoms with Crippen molar-refractivity contribution in [3.05, 3.63) is 17.3 Å². The smallest absolute Gasteiger partial charge is 0.158 e. The van der Waals surface area contributed by atoms with Crippen LogP contribution in [0.4, 0.5) is 5.82 Å². The zero-order valence-corrected chi connectivity index (χ0v) is 12.1. The van der Waals surface area contributed by atoms with Crippen LogP contribution in [0.15, 0.2) is 11.4 Å². The Morgan fingerprint density at radius 2 is 2.05 bits per heavy atom. The summed E-state index contributed by atoms with van der Waals surface area (Å²) in [7, 11) is 0. The SMILES string of the molecule is CC(C)COCCOCc1nc(N)c2ccsc2n1. The zero-order valence-electron chi connectivity index (χ0n) is 11.3. The predicted octanol–water partition coefficient (Wildman–Crippen LogP) is 2.46.